The largest absolute Gasteiger partial charge is 0.292 e. The van der Waals surface area contributed by atoms with E-state index in [0.717, 1.165) is 27.8 Å². The molecule has 6 aromatic rings. The molecule has 0 fully saturated rings. The van der Waals surface area contributed by atoms with E-state index in [9.17, 15) is 0 Å². The predicted octanol–water partition coefficient (Wildman–Crippen LogP) is 9.82. The SMILES string of the molecule is [2H]c1ccc2scc(-c3nc4ccccc4n3-c3c(C(C)C)cc(-c4ccccc4)cc3C(C)C)c2c1. The lowest BCUT2D eigenvalue weighted by atomic mass is 9.88. The molecule has 0 unspecified atom stereocenters. The summed E-state index contributed by atoms with van der Waals surface area (Å²) in [7, 11) is 0. The summed E-state index contributed by atoms with van der Waals surface area (Å²) in [6.07, 6.45) is 0. The van der Waals surface area contributed by atoms with Gasteiger partial charge in [0.05, 0.1) is 18.1 Å². The van der Waals surface area contributed by atoms with E-state index in [-0.39, 0.29) is 0 Å². The average Bonchev–Trinajstić information content (AvgIpc) is 3.49. The summed E-state index contributed by atoms with van der Waals surface area (Å²) in [6.45, 7) is 9.12. The Hall–Kier alpha value is -3.69. The first-order valence-corrected chi connectivity index (χ1v) is 13.5. The van der Waals surface area contributed by atoms with Crippen molar-refractivity contribution >= 4 is 32.5 Å². The Morgan fingerprint density at radius 2 is 1.47 bits per heavy atom. The minimum Gasteiger partial charge on any atom is -0.292 e. The van der Waals surface area contributed by atoms with Crippen molar-refractivity contribution in [3.8, 4) is 28.2 Å². The molecular formula is C33H30N2S. The quantitative estimate of drug-likeness (QED) is 0.237. The molecule has 0 aliphatic carbocycles. The number of hydrogen-bond acceptors (Lipinski definition) is 2. The van der Waals surface area contributed by atoms with Crippen LogP contribution in [0.3, 0.4) is 0 Å². The van der Waals surface area contributed by atoms with Gasteiger partial charge in [-0.05, 0) is 64.4 Å². The van der Waals surface area contributed by atoms with E-state index < -0.39 is 0 Å². The van der Waals surface area contributed by atoms with Gasteiger partial charge in [-0.15, -0.1) is 11.3 Å². The molecule has 0 N–H and O–H groups in total. The van der Waals surface area contributed by atoms with Gasteiger partial charge in [0, 0.05) is 21.0 Å². The molecule has 0 atom stereocenters. The van der Waals surface area contributed by atoms with Crippen LogP contribution in [-0.2, 0) is 0 Å². The second-order valence-electron chi connectivity index (χ2n) is 10.0. The van der Waals surface area contributed by atoms with Crippen molar-refractivity contribution in [2.75, 3.05) is 0 Å². The maximum absolute atomic E-state index is 8.26. The normalized spacial score (nSPS) is 12.2. The number of benzene rings is 4. The highest BCUT2D eigenvalue weighted by Crippen LogP contribution is 2.42. The molecule has 0 saturated heterocycles. The van der Waals surface area contributed by atoms with Crippen LogP contribution in [0.25, 0.3) is 49.3 Å². The third kappa shape index (κ3) is 3.75. The molecule has 36 heavy (non-hydrogen) atoms. The van der Waals surface area contributed by atoms with Crippen LogP contribution in [0.15, 0.2) is 96.4 Å². The highest BCUT2D eigenvalue weighted by Gasteiger charge is 2.24. The van der Waals surface area contributed by atoms with Crippen molar-refractivity contribution in [1.29, 1.82) is 0 Å². The molecule has 0 aliphatic heterocycles. The molecule has 0 spiro atoms. The van der Waals surface area contributed by atoms with Crippen molar-refractivity contribution in [3.63, 3.8) is 0 Å². The Morgan fingerprint density at radius 1 is 0.778 bits per heavy atom. The van der Waals surface area contributed by atoms with Gasteiger partial charge < -0.3 is 0 Å². The minimum absolute atomic E-state index is 0.323. The molecule has 178 valence electrons. The van der Waals surface area contributed by atoms with Gasteiger partial charge >= 0.3 is 0 Å². The van der Waals surface area contributed by atoms with Gasteiger partial charge in [0.15, 0.2) is 0 Å². The maximum atomic E-state index is 8.26. The summed E-state index contributed by atoms with van der Waals surface area (Å²) in [5.74, 6) is 1.59. The van der Waals surface area contributed by atoms with Crippen LogP contribution in [0.2, 0.25) is 0 Å². The molecule has 0 bridgehead atoms. The summed E-state index contributed by atoms with van der Waals surface area (Å²) in [6, 6.07) is 30.2. The summed E-state index contributed by atoms with van der Waals surface area (Å²) in [4.78, 5) is 5.20. The van der Waals surface area contributed by atoms with Gasteiger partial charge in [0.2, 0.25) is 0 Å². The number of aromatic nitrogens is 2. The van der Waals surface area contributed by atoms with Crippen LogP contribution >= 0.6 is 11.3 Å². The zero-order valence-electron chi connectivity index (χ0n) is 22.1. The molecule has 0 amide bonds. The second-order valence-corrected chi connectivity index (χ2v) is 10.9. The second kappa shape index (κ2) is 9.07. The van der Waals surface area contributed by atoms with Crippen LogP contribution in [-0.4, -0.2) is 9.55 Å². The molecule has 3 heteroatoms. The summed E-state index contributed by atoms with van der Waals surface area (Å²) < 4.78 is 11.8. The molecule has 2 heterocycles. The zero-order chi connectivity index (χ0) is 25.7. The van der Waals surface area contributed by atoms with Gasteiger partial charge in [-0.1, -0.05) is 88.3 Å². The van der Waals surface area contributed by atoms with Crippen molar-refractivity contribution in [2.45, 2.75) is 39.5 Å². The van der Waals surface area contributed by atoms with Crippen LogP contribution in [0.4, 0.5) is 0 Å². The molecular weight excluding hydrogens is 456 g/mol. The predicted molar refractivity (Wildman–Crippen MR) is 156 cm³/mol. The van der Waals surface area contributed by atoms with E-state index in [4.69, 9.17) is 6.35 Å². The first kappa shape index (κ1) is 21.6. The highest BCUT2D eigenvalue weighted by atomic mass is 32.1. The first-order chi connectivity index (χ1) is 17.9. The number of imidazole rings is 1. The zero-order valence-corrected chi connectivity index (χ0v) is 21.9. The highest BCUT2D eigenvalue weighted by molar-refractivity contribution is 7.17. The molecule has 6 rings (SSSR count). The summed E-state index contributed by atoms with van der Waals surface area (Å²) >= 11 is 1.72. The van der Waals surface area contributed by atoms with Gasteiger partial charge in [0.25, 0.3) is 0 Å². The van der Waals surface area contributed by atoms with E-state index in [2.05, 4.69) is 104 Å². The Balaban J connectivity index is 1.72. The third-order valence-corrected chi connectivity index (χ3v) is 7.93. The fraction of sp³-hybridized carbons (Fsp3) is 0.182. The number of fused-ring (bicyclic) bond motifs is 2. The summed E-state index contributed by atoms with van der Waals surface area (Å²) in [5.41, 5.74) is 9.52. The summed E-state index contributed by atoms with van der Waals surface area (Å²) in [5, 5.41) is 3.29. The Kier molecular flexibility index (Phi) is 5.44. The Bertz CT molecular complexity index is 1710. The minimum atomic E-state index is 0.323. The van der Waals surface area contributed by atoms with E-state index in [1.165, 1.54) is 32.6 Å². The Morgan fingerprint density at radius 3 is 2.19 bits per heavy atom. The molecule has 2 nitrogen and oxygen atoms in total. The van der Waals surface area contributed by atoms with Crippen molar-refractivity contribution in [1.82, 2.24) is 9.55 Å². The monoisotopic (exact) mass is 487 g/mol. The number of thiophene rings is 1. The van der Waals surface area contributed by atoms with Crippen LogP contribution < -0.4 is 0 Å². The van der Waals surface area contributed by atoms with Crippen molar-refractivity contribution in [2.24, 2.45) is 0 Å². The van der Waals surface area contributed by atoms with E-state index in [1.54, 1.807) is 11.3 Å². The molecule has 0 aliphatic rings. The van der Waals surface area contributed by atoms with Gasteiger partial charge in [-0.3, -0.25) is 4.57 Å². The molecule has 0 radical (unpaired) electrons. The van der Waals surface area contributed by atoms with Gasteiger partial charge in [-0.2, -0.15) is 0 Å². The van der Waals surface area contributed by atoms with E-state index in [0.29, 0.717) is 17.9 Å². The lowest BCUT2D eigenvalue weighted by Crippen LogP contribution is -2.09. The van der Waals surface area contributed by atoms with Crippen LogP contribution in [0.1, 0.15) is 52.0 Å². The van der Waals surface area contributed by atoms with E-state index in [1.807, 2.05) is 18.2 Å². The van der Waals surface area contributed by atoms with Gasteiger partial charge in [0.1, 0.15) is 5.82 Å². The van der Waals surface area contributed by atoms with Crippen LogP contribution in [0.5, 0.6) is 0 Å². The fourth-order valence-electron chi connectivity index (χ4n) is 5.14. The molecule has 2 aromatic heterocycles. The number of hydrogen-bond donors (Lipinski definition) is 0. The smallest absolute Gasteiger partial charge is 0.147 e. The molecule has 0 saturated carbocycles. The van der Waals surface area contributed by atoms with Crippen molar-refractivity contribution in [3.05, 3.63) is 107 Å². The topological polar surface area (TPSA) is 17.8 Å². The Labute approximate surface area is 218 Å². The lowest BCUT2D eigenvalue weighted by Gasteiger charge is -2.24. The van der Waals surface area contributed by atoms with Crippen LogP contribution in [0, 0.1) is 0 Å². The third-order valence-electron chi connectivity index (χ3n) is 6.96. The standard InChI is InChI=1S/C33H30N2S/c1-21(2)26-18-24(23-12-6-5-7-13-23)19-27(22(3)4)32(26)35-30-16-10-9-15-29(30)34-33(35)28-20-36-31-17-11-8-14-25(28)31/h5-22H,1-4H3/i8D. The number of para-hydroxylation sites is 2. The number of nitrogens with zero attached hydrogens (tertiary/aromatic N) is 2. The average molecular weight is 488 g/mol. The van der Waals surface area contributed by atoms with E-state index >= 15 is 0 Å². The number of rotatable bonds is 5. The first-order valence-electron chi connectivity index (χ1n) is 13.1. The maximum Gasteiger partial charge on any atom is 0.147 e. The van der Waals surface area contributed by atoms with Crippen molar-refractivity contribution < 1.29 is 1.37 Å². The lowest BCUT2D eigenvalue weighted by molar-refractivity contribution is 0.812. The fourth-order valence-corrected chi connectivity index (χ4v) is 6.06. The molecule has 4 aromatic carbocycles. The van der Waals surface area contributed by atoms with Gasteiger partial charge in [-0.25, -0.2) is 4.98 Å².